The van der Waals surface area contributed by atoms with Gasteiger partial charge in [0.1, 0.15) is 12.4 Å². The number of hydrogen-bond acceptors (Lipinski definition) is 2. The lowest BCUT2D eigenvalue weighted by atomic mass is 10.1. The van der Waals surface area contributed by atoms with Crippen LogP contribution in [0.5, 0.6) is 5.75 Å². The van der Waals surface area contributed by atoms with Crippen molar-refractivity contribution in [3.63, 3.8) is 0 Å². The van der Waals surface area contributed by atoms with Crippen LogP contribution in [0.4, 0.5) is 0 Å². The van der Waals surface area contributed by atoms with E-state index in [1.165, 1.54) is 11.1 Å². The molecule has 0 saturated carbocycles. The van der Waals surface area contributed by atoms with Gasteiger partial charge in [-0.2, -0.15) is 0 Å². The van der Waals surface area contributed by atoms with Gasteiger partial charge in [0.05, 0.1) is 0 Å². The Morgan fingerprint density at radius 1 is 0.947 bits per heavy atom. The molecule has 0 aliphatic rings. The third-order valence-electron chi connectivity index (χ3n) is 3.06. The van der Waals surface area contributed by atoms with Crippen molar-refractivity contribution < 1.29 is 4.74 Å². The van der Waals surface area contributed by atoms with E-state index in [9.17, 15) is 0 Å². The Balaban J connectivity index is 1.85. The summed E-state index contributed by atoms with van der Waals surface area (Å²) in [6, 6.07) is 18.7. The first-order valence-corrected chi connectivity index (χ1v) is 6.75. The summed E-state index contributed by atoms with van der Waals surface area (Å²) in [7, 11) is 0. The molecule has 0 bridgehead atoms. The van der Waals surface area contributed by atoms with Gasteiger partial charge >= 0.3 is 0 Å². The highest BCUT2D eigenvalue weighted by Crippen LogP contribution is 2.15. The average Bonchev–Trinajstić information content (AvgIpc) is 2.45. The normalized spacial score (nSPS) is 12.1. The topological polar surface area (TPSA) is 35.2 Å². The fraction of sp³-hybridized carbons (Fsp3) is 0.294. The van der Waals surface area contributed by atoms with Crippen LogP contribution in [0.3, 0.4) is 0 Å². The number of aryl methyl sites for hydroxylation is 1. The Morgan fingerprint density at radius 2 is 1.63 bits per heavy atom. The number of nitrogens with two attached hydrogens (primary N) is 1. The van der Waals surface area contributed by atoms with Crippen molar-refractivity contribution in [2.24, 2.45) is 5.73 Å². The van der Waals surface area contributed by atoms with Crippen LogP contribution in [-0.2, 0) is 13.0 Å². The molecule has 0 amide bonds. The summed E-state index contributed by atoms with van der Waals surface area (Å²) >= 11 is 0. The molecule has 0 unspecified atom stereocenters. The zero-order chi connectivity index (χ0) is 13.5. The summed E-state index contributed by atoms with van der Waals surface area (Å²) in [4.78, 5) is 0. The summed E-state index contributed by atoms with van der Waals surface area (Å²) in [5.74, 6) is 0.911. The standard InChI is InChI=1S/C17H21NO/c1-14(18)7-8-15-9-11-17(12-10-15)19-13-16-5-3-2-4-6-16/h2-6,9-12,14H,7-8,13,18H2,1H3/t14-/m0/s1. The highest BCUT2D eigenvalue weighted by atomic mass is 16.5. The summed E-state index contributed by atoms with van der Waals surface area (Å²) in [5.41, 5.74) is 8.25. The van der Waals surface area contributed by atoms with Crippen LogP contribution in [0, 0.1) is 0 Å². The van der Waals surface area contributed by atoms with Crippen molar-refractivity contribution >= 4 is 0 Å². The quantitative estimate of drug-likeness (QED) is 0.856. The largest absolute Gasteiger partial charge is 0.489 e. The van der Waals surface area contributed by atoms with Crippen molar-refractivity contribution in [2.45, 2.75) is 32.4 Å². The maximum absolute atomic E-state index is 5.76. The monoisotopic (exact) mass is 255 g/mol. The first-order valence-electron chi connectivity index (χ1n) is 6.75. The van der Waals surface area contributed by atoms with E-state index in [1.807, 2.05) is 37.3 Å². The van der Waals surface area contributed by atoms with Gasteiger partial charge in [0.15, 0.2) is 0 Å². The zero-order valence-electron chi connectivity index (χ0n) is 11.4. The van der Waals surface area contributed by atoms with E-state index in [4.69, 9.17) is 10.5 Å². The van der Waals surface area contributed by atoms with Crippen LogP contribution in [0.1, 0.15) is 24.5 Å². The molecule has 100 valence electrons. The van der Waals surface area contributed by atoms with Crippen molar-refractivity contribution in [1.29, 1.82) is 0 Å². The Hall–Kier alpha value is -1.80. The molecule has 0 aliphatic carbocycles. The second-order valence-corrected chi connectivity index (χ2v) is 4.93. The van der Waals surface area contributed by atoms with Gasteiger partial charge in [0.25, 0.3) is 0 Å². The molecule has 0 aliphatic heterocycles. The summed E-state index contributed by atoms with van der Waals surface area (Å²) in [6.45, 7) is 2.65. The van der Waals surface area contributed by atoms with Crippen molar-refractivity contribution in [3.05, 3.63) is 65.7 Å². The molecule has 2 N–H and O–H groups in total. The molecule has 2 rings (SSSR count). The predicted molar refractivity (Wildman–Crippen MR) is 79.2 cm³/mol. The molecular weight excluding hydrogens is 234 g/mol. The van der Waals surface area contributed by atoms with Crippen LogP contribution < -0.4 is 10.5 Å². The lowest BCUT2D eigenvalue weighted by Gasteiger charge is -2.08. The van der Waals surface area contributed by atoms with Gasteiger partial charge in [0.2, 0.25) is 0 Å². The van der Waals surface area contributed by atoms with Crippen LogP contribution in [0.15, 0.2) is 54.6 Å². The molecule has 0 aromatic heterocycles. The smallest absolute Gasteiger partial charge is 0.119 e. The molecule has 0 radical (unpaired) electrons. The number of hydrogen-bond donors (Lipinski definition) is 1. The second kappa shape index (κ2) is 6.95. The van der Waals surface area contributed by atoms with Crippen LogP contribution >= 0.6 is 0 Å². The number of rotatable bonds is 6. The summed E-state index contributed by atoms with van der Waals surface area (Å²) in [6.07, 6.45) is 2.04. The van der Waals surface area contributed by atoms with Crippen molar-refractivity contribution in [3.8, 4) is 5.75 Å². The van der Waals surface area contributed by atoms with E-state index in [2.05, 4.69) is 24.3 Å². The number of benzene rings is 2. The van der Waals surface area contributed by atoms with Crippen molar-refractivity contribution in [2.75, 3.05) is 0 Å². The third-order valence-corrected chi connectivity index (χ3v) is 3.06. The summed E-state index contributed by atoms with van der Waals surface area (Å²) < 4.78 is 5.75. The van der Waals surface area contributed by atoms with Crippen LogP contribution in [0.25, 0.3) is 0 Å². The Labute approximate surface area is 115 Å². The number of ether oxygens (including phenoxy) is 1. The first-order chi connectivity index (χ1) is 9.24. The molecule has 0 heterocycles. The lowest BCUT2D eigenvalue weighted by Crippen LogP contribution is -2.15. The van der Waals surface area contributed by atoms with Gasteiger partial charge in [-0.3, -0.25) is 0 Å². The Bertz CT molecular complexity index is 476. The molecule has 2 heteroatoms. The molecular formula is C17H21NO. The maximum atomic E-state index is 5.76. The molecule has 0 fully saturated rings. The fourth-order valence-electron chi connectivity index (χ4n) is 1.89. The highest BCUT2D eigenvalue weighted by Gasteiger charge is 1.99. The van der Waals surface area contributed by atoms with Gasteiger partial charge in [-0.15, -0.1) is 0 Å². The second-order valence-electron chi connectivity index (χ2n) is 4.93. The third kappa shape index (κ3) is 4.76. The van der Waals surface area contributed by atoms with E-state index in [1.54, 1.807) is 0 Å². The Kier molecular flexibility index (Phi) is 4.99. The first kappa shape index (κ1) is 13.6. The average molecular weight is 255 g/mol. The van der Waals surface area contributed by atoms with Crippen molar-refractivity contribution in [1.82, 2.24) is 0 Å². The zero-order valence-corrected chi connectivity index (χ0v) is 11.4. The summed E-state index contributed by atoms with van der Waals surface area (Å²) in [5, 5.41) is 0. The Morgan fingerprint density at radius 3 is 2.26 bits per heavy atom. The van der Waals surface area contributed by atoms with Gasteiger partial charge in [0, 0.05) is 6.04 Å². The van der Waals surface area contributed by atoms with E-state index >= 15 is 0 Å². The molecule has 2 aromatic carbocycles. The minimum Gasteiger partial charge on any atom is -0.489 e. The SMILES string of the molecule is C[C@H](N)CCc1ccc(OCc2ccccc2)cc1. The minimum atomic E-state index is 0.258. The van der Waals surface area contributed by atoms with E-state index in [-0.39, 0.29) is 6.04 Å². The lowest BCUT2D eigenvalue weighted by molar-refractivity contribution is 0.306. The fourth-order valence-corrected chi connectivity index (χ4v) is 1.89. The predicted octanol–water partition coefficient (Wildman–Crippen LogP) is 3.55. The maximum Gasteiger partial charge on any atom is 0.119 e. The van der Waals surface area contributed by atoms with Gasteiger partial charge in [-0.05, 0) is 43.0 Å². The minimum absolute atomic E-state index is 0.258. The molecule has 1 atom stereocenters. The molecule has 0 saturated heterocycles. The van der Waals surface area contributed by atoms with Gasteiger partial charge in [-0.1, -0.05) is 42.5 Å². The van der Waals surface area contributed by atoms with Gasteiger partial charge in [-0.25, -0.2) is 0 Å². The molecule has 19 heavy (non-hydrogen) atoms. The van der Waals surface area contributed by atoms with E-state index in [0.717, 1.165) is 18.6 Å². The molecule has 0 spiro atoms. The highest BCUT2D eigenvalue weighted by molar-refractivity contribution is 5.28. The molecule has 2 aromatic rings. The van der Waals surface area contributed by atoms with Crippen LogP contribution in [-0.4, -0.2) is 6.04 Å². The van der Waals surface area contributed by atoms with Crippen LogP contribution in [0.2, 0.25) is 0 Å². The van der Waals surface area contributed by atoms with E-state index in [0.29, 0.717) is 6.61 Å². The molecule has 2 nitrogen and oxygen atoms in total. The van der Waals surface area contributed by atoms with Gasteiger partial charge < -0.3 is 10.5 Å². The van der Waals surface area contributed by atoms with E-state index < -0.39 is 0 Å².